The molecule has 1 atom stereocenters. The molecule has 38 heavy (non-hydrogen) atoms. The first-order valence-corrected chi connectivity index (χ1v) is 13.8. The molecule has 0 saturated carbocycles. The van der Waals surface area contributed by atoms with E-state index in [-0.39, 0.29) is 11.7 Å². The molecule has 2 heterocycles. The van der Waals surface area contributed by atoms with Gasteiger partial charge in [0.25, 0.3) is 5.91 Å². The highest BCUT2D eigenvalue weighted by molar-refractivity contribution is 8.29. The minimum atomic E-state index is -1.06. The number of carbonyl (C=O) groups excluding carboxylic acids is 2. The number of carbonyl (C=O) groups is 2. The molecule has 4 aromatic carbocycles. The molecule has 0 radical (unpaired) electrons. The average molecular weight is 534 g/mol. The number of para-hydroxylation sites is 2. The predicted molar refractivity (Wildman–Crippen MR) is 158 cm³/mol. The Kier molecular flexibility index (Phi) is 6.39. The van der Waals surface area contributed by atoms with Gasteiger partial charge in [0, 0.05) is 11.3 Å². The van der Waals surface area contributed by atoms with Crippen molar-refractivity contribution < 1.29 is 9.59 Å². The molecule has 5 nitrogen and oxygen atoms in total. The Balaban J connectivity index is 1.51. The van der Waals surface area contributed by atoms with Crippen molar-refractivity contribution in [1.29, 1.82) is 0 Å². The van der Waals surface area contributed by atoms with E-state index in [1.807, 2.05) is 116 Å². The van der Waals surface area contributed by atoms with Crippen LogP contribution >= 0.6 is 23.5 Å². The van der Waals surface area contributed by atoms with Gasteiger partial charge in [-0.15, -0.1) is 0 Å². The third kappa shape index (κ3) is 4.34. The number of hydrogen-bond donors (Lipinski definition) is 0. The van der Waals surface area contributed by atoms with Crippen molar-refractivity contribution in [3.05, 3.63) is 137 Å². The van der Waals surface area contributed by atoms with E-state index in [0.717, 1.165) is 22.5 Å². The summed E-state index contributed by atoms with van der Waals surface area (Å²) in [4.78, 5) is 30.0. The lowest BCUT2D eigenvalue weighted by Gasteiger charge is -2.38. The Morgan fingerprint density at radius 1 is 0.763 bits per heavy atom. The van der Waals surface area contributed by atoms with Gasteiger partial charge in [0.05, 0.1) is 10.6 Å². The van der Waals surface area contributed by atoms with E-state index >= 15 is 0 Å². The first-order valence-electron chi connectivity index (χ1n) is 12.1. The van der Waals surface area contributed by atoms with Gasteiger partial charge in [-0.2, -0.15) is 5.10 Å². The maximum absolute atomic E-state index is 14.1. The van der Waals surface area contributed by atoms with Crippen LogP contribution in [-0.2, 0) is 4.79 Å². The minimum absolute atomic E-state index is 0.140. The molecule has 1 spiro atoms. The van der Waals surface area contributed by atoms with Gasteiger partial charge in [-0.05, 0) is 54.6 Å². The van der Waals surface area contributed by atoms with Crippen molar-refractivity contribution >= 4 is 57.7 Å². The lowest BCUT2D eigenvalue weighted by molar-refractivity contribution is -0.114. The van der Waals surface area contributed by atoms with Gasteiger partial charge in [-0.1, -0.05) is 108 Å². The first kappa shape index (κ1) is 24.3. The topological polar surface area (TPSA) is 53.0 Å². The fraction of sp³-hybridized carbons (Fsp3) is 0.0645. The van der Waals surface area contributed by atoms with Crippen LogP contribution in [0.15, 0.2) is 125 Å². The van der Waals surface area contributed by atoms with Gasteiger partial charge in [0.2, 0.25) is 10.1 Å². The molecule has 2 aliphatic heterocycles. The summed E-state index contributed by atoms with van der Waals surface area (Å²) in [5.41, 5.74) is 4.16. The van der Waals surface area contributed by atoms with Crippen molar-refractivity contribution in [2.75, 3.05) is 9.91 Å². The Hall–Kier alpha value is -4.07. The largest absolute Gasteiger partial charge is 0.286 e. The lowest BCUT2D eigenvalue weighted by Crippen LogP contribution is -2.51. The van der Waals surface area contributed by atoms with Crippen LogP contribution < -0.4 is 9.91 Å². The number of thioether (sulfide) groups is 2. The van der Waals surface area contributed by atoms with Crippen LogP contribution in [0.2, 0.25) is 0 Å². The van der Waals surface area contributed by atoms with Crippen molar-refractivity contribution in [2.45, 2.75) is 11.3 Å². The van der Waals surface area contributed by atoms with Crippen molar-refractivity contribution in [3.63, 3.8) is 0 Å². The van der Waals surface area contributed by atoms with Crippen LogP contribution in [0.1, 0.15) is 21.5 Å². The molecule has 1 amide bonds. The van der Waals surface area contributed by atoms with Gasteiger partial charge in [-0.3, -0.25) is 14.5 Å². The zero-order chi connectivity index (χ0) is 26.1. The number of hydrogen-bond acceptors (Lipinski definition) is 6. The summed E-state index contributed by atoms with van der Waals surface area (Å²) in [5, 5.41) is 6.99. The molecule has 7 heteroatoms. The molecular formula is C31H23N3O2S2. The number of anilines is 2. The Bertz CT molecular complexity index is 1560. The molecule has 0 aliphatic carbocycles. The summed E-state index contributed by atoms with van der Waals surface area (Å²) in [6.45, 7) is 2.04. The smallest absolute Gasteiger partial charge is 0.268 e. The average Bonchev–Trinajstić information content (AvgIpc) is 3.47. The van der Waals surface area contributed by atoms with Crippen molar-refractivity contribution in [2.24, 2.45) is 5.10 Å². The SMILES string of the molecule is Cc1ccc(/C=C2\SC3(SC(C(=O)c4ccccc4)=NN3c3ccccc3)N(c3ccccc3)C2=O)cc1. The number of ketones is 1. The summed E-state index contributed by atoms with van der Waals surface area (Å²) in [7, 11) is 0. The number of aryl methyl sites for hydroxylation is 1. The molecule has 6 rings (SSSR count). The number of hydrazone groups is 1. The van der Waals surface area contributed by atoms with E-state index in [4.69, 9.17) is 5.10 Å². The van der Waals surface area contributed by atoms with Crippen LogP contribution in [-0.4, -0.2) is 21.1 Å². The summed E-state index contributed by atoms with van der Waals surface area (Å²) in [6, 6.07) is 36.4. The van der Waals surface area contributed by atoms with Crippen LogP contribution in [0.5, 0.6) is 0 Å². The van der Waals surface area contributed by atoms with Crippen LogP contribution in [0.3, 0.4) is 0 Å². The Labute approximate surface area is 229 Å². The number of amides is 1. The van der Waals surface area contributed by atoms with Gasteiger partial charge >= 0.3 is 0 Å². The molecule has 1 unspecified atom stereocenters. The highest BCUT2D eigenvalue weighted by atomic mass is 32.2. The van der Waals surface area contributed by atoms with E-state index in [1.54, 1.807) is 22.0 Å². The Morgan fingerprint density at radius 3 is 1.97 bits per heavy atom. The summed E-state index contributed by atoms with van der Waals surface area (Å²) in [5.74, 6) is -0.316. The zero-order valence-electron chi connectivity index (χ0n) is 20.5. The number of benzene rings is 4. The van der Waals surface area contributed by atoms with Crippen LogP contribution in [0.4, 0.5) is 11.4 Å². The minimum Gasteiger partial charge on any atom is -0.286 e. The molecule has 1 fully saturated rings. The predicted octanol–water partition coefficient (Wildman–Crippen LogP) is 7.18. The van der Waals surface area contributed by atoms with E-state index in [9.17, 15) is 9.59 Å². The molecule has 4 aromatic rings. The van der Waals surface area contributed by atoms with Gasteiger partial charge in [0.1, 0.15) is 0 Å². The molecule has 0 N–H and O–H groups in total. The third-order valence-corrected chi connectivity index (χ3v) is 8.96. The van der Waals surface area contributed by atoms with Gasteiger partial charge in [-0.25, -0.2) is 5.01 Å². The fourth-order valence-electron chi connectivity index (χ4n) is 4.38. The maximum atomic E-state index is 14.1. The van der Waals surface area contributed by atoms with E-state index in [2.05, 4.69) is 0 Å². The second-order valence-electron chi connectivity index (χ2n) is 8.90. The van der Waals surface area contributed by atoms with Crippen LogP contribution in [0, 0.1) is 6.92 Å². The van der Waals surface area contributed by atoms with Crippen molar-refractivity contribution in [3.8, 4) is 0 Å². The maximum Gasteiger partial charge on any atom is 0.268 e. The normalized spacial score (nSPS) is 19.9. The number of Topliss-reactive ketones (excluding diaryl/α,β-unsaturated/α-hetero) is 1. The molecular weight excluding hydrogens is 510 g/mol. The highest BCUT2D eigenvalue weighted by Crippen LogP contribution is 2.59. The number of rotatable bonds is 5. The van der Waals surface area contributed by atoms with E-state index in [0.29, 0.717) is 15.5 Å². The summed E-state index contributed by atoms with van der Waals surface area (Å²) in [6.07, 6.45) is 1.91. The molecule has 186 valence electrons. The second-order valence-corrected chi connectivity index (χ2v) is 11.5. The highest BCUT2D eigenvalue weighted by Gasteiger charge is 2.60. The summed E-state index contributed by atoms with van der Waals surface area (Å²) < 4.78 is -1.06. The van der Waals surface area contributed by atoms with Crippen LogP contribution in [0.25, 0.3) is 6.08 Å². The second kappa shape index (κ2) is 10.0. The molecule has 0 bridgehead atoms. The standard InChI is InChI=1S/C31H23N3O2S2/c1-22-17-19-23(20-18-22)21-27-30(36)33(25-13-7-3-8-14-25)31(37-27)34(26-15-9-4-10-16-26)32-29(38-31)28(35)24-11-5-2-6-12-24/h2-21H,1H3/b27-21-. The number of nitrogens with zero attached hydrogens (tertiary/aromatic N) is 3. The monoisotopic (exact) mass is 533 g/mol. The quantitative estimate of drug-likeness (QED) is 0.201. The zero-order valence-corrected chi connectivity index (χ0v) is 22.2. The first-order chi connectivity index (χ1) is 18.5. The lowest BCUT2D eigenvalue weighted by atomic mass is 10.1. The van der Waals surface area contributed by atoms with Gasteiger partial charge < -0.3 is 0 Å². The van der Waals surface area contributed by atoms with Gasteiger partial charge in [0.15, 0.2) is 5.04 Å². The third-order valence-electron chi connectivity index (χ3n) is 6.25. The molecule has 0 aromatic heterocycles. The molecule has 2 aliphatic rings. The fourth-order valence-corrected chi connectivity index (χ4v) is 7.32. The van der Waals surface area contributed by atoms with E-state index in [1.165, 1.54) is 23.5 Å². The van der Waals surface area contributed by atoms with E-state index < -0.39 is 4.33 Å². The Morgan fingerprint density at radius 2 is 1.34 bits per heavy atom. The summed E-state index contributed by atoms with van der Waals surface area (Å²) >= 11 is 2.71. The molecule has 1 saturated heterocycles. The van der Waals surface area contributed by atoms with Crippen molar-refractivity contribution in [1.82, 2.24) is 0 Å².